The van der Waals surface area contributed by atoms with Gasteiger partial charge in [0.1, 0.15) is 23.7 Å². The maximum atomic E-state index is 13.6. The minimum absolute atomic E-state index is 0.452. The van der Waals surface area contributed by atoms with E-state index >= 15 is 0 Å². The molecule has 0 unspecified atom stereocenters. The molecule has 0 spiro atoms. The second-order valence-corrected chi connectivity index (χ2v) is 10.9. The number of hydrogen-bond acceptors (Lipinski definition) is 1. The van der Waals surface area contributed by atoms with Crippen LogP contribution in [0.1, 0.15) is 11.1 Å². The van der Waals surface area contributed by atoms with Gasteiger partial charge in [-0.15, -0.1) is 0 Å². The molecule has 0 saturated carbocycles. The van der Waals surface area contributed by atoms with E-state index in [4.69, 9.17) is 4.42 Å². The van der Waals surface area contributed by atoms with Gasteiger partial charge in [-0.05, 0) is 54.3 Å². The first-order valence-corrected chi connectivity index (χ1v) is 13.7. The van der Waals surface area contributed by atoms with E-state index in [1.165, 1.54) is 12.1 Å². The van der Waals surface area contributed by atoms with Gasteiger partial charge in [0.05, 0.1) is 16.6 Å². The van der Waals surface area contributed by atoms with E-state index in [9.17, 15) is 13.2 Å². The molecule has 0 aliphatic heterocycles. The van der Waals surface area contributed by atoms with E-state index in [1.54, 1.807) is 0 Å². The zero-order valence-corrected chi connectivity index (χ0v) is 22.8. The first-order chi connectivity index (χ1) is 20.3. The summed E-state index contributed by atoms with van der Waals surface area (Å²) in [5.74, 6) is 0. The van der Waals surface area contributed by atoms with Gasteiger partial charge in [0, 0.05) is 38.7 Å². The summed E-state index contributed by atoms with van der Waals surface area (Å²) in [5, 5.41) is 5.06. The molecule has 3 heterocycles. The maximum Gasteiger partial charge on any atom is 0.416 e. The molecule has 0 amide bonds. The molecule has 204 valence electrons. The van der Waals surface area contributed by atoms with Crippen LogP contribution in [0, 0.1) is 6.92 Å². The molecule has 0 radical (unpaired) electrons. The summed E-state index contributed by atoms with van der Waals surface area (Å²) in [6.07, 6.45) is -2.30. The Morgan fingerprint density at radius 3 is 2.19 bits per heavy atom. The SMILES string of the molecule is Cc1ccc2c(oc3c4cc(C(F)(F)F)ccc4ccc23)c1-c1cc2c3ccccc3n(-c3ccccc3)c2c[n+]1C. The summed E-state index contributed by atoms with van der Waals surface area (Å²) in [7, 11) is 2.02. The molecule has 0 aliphatic carbocycles. The highest BCUT2D eigenvalue weighted by molar-refractivity contribution is 6.18. The predicted molar refractivity (Wildman–Crippen MR) is 162 cm³/mol. The van der Waals surface area contributed by atoms with E-state index in [1.807, 2.05) is 50.4 Å². The molecule has 0 bridgehead atoms. The summed E-state index contributed by atoms with van der Waals surface area (Å²) in [6, 6.07) is 32.5. The molecule has 8 rings (SSSR count). The number of nitrogens with zero attached hydrogens (tertiary/aromatic N) is 2. The lowest BCUT2D eigenvalue weighted by molar-refractivity contribution is -0.659. The Hall–Kier alpha value is -5.10. The lowest BCUT2D eigenvalue weighted by Gasteiger charge is -2.08. The van der Waals surface area contributed by atoms with Crippen LogP contribution in [0.4, 0.5) is 13.2 Å². The lowest BCUT2D eigenvalue weighted by atomic mass is 9.98. The van der Waals surface area contributed by atoms with Gasteiger partial charge in [-0.25, -0.2) is 0 Å². The molecular formula is C36H24F3N2O+. The molecule has 8 aromatic rings. The fraction of sp³-hybridized carbons (Fsp3) is 0.0833. The summed E-state index contributed by atoms with van der Waals surface area (Å²) in [5.41, 5.74) is 6.61. The van der Waals surface area contributed by atoms with Crippen molar-refractivity contribution in [2.45, 2.75) is 13.1 Å². The number of benzene rings is 5. The van der Waals surface area contributed by atoms with Gasteiger partial charge in [-0.1, -0.05) is 60.7 Å². The Bertz CT molecular complexity index is 2360. The monoisotopic (exact) mass is 557 g/mol. The maximum absolute atomic E-state index is 13.6. The predicted octanol–water partition coefficient (Wildman–Crippen LogP) is 9.66. The van der Waals surface area contributed by atoms with Gasteiger partial charge < -0.3 is 8.98 Å². The zero-order chi connectivity index (χ0) is 28.7. The molecular weight excluding hydrogens is 533 g/mol. The normalized spacial score (nSPS) is 12.4. The highest BCUT2D eigenvalue weighted by atomic mass is 19.4. The van der Waals surface area contributed by atoms with Gasteiger partial charge in [0.15, 0.2) is 6.20 Å². The van der Waals surface area contributed by atoms with Gasteiger partial charge in [-0.3, -0.25) is 0 Å². The topological polar surface area (TPSA) is 21.9 Å². The first-order valence-electron chi connectivity index (χ1n) is 13.7. The van der Waals surface area contributed by atoms with Crippen molar-refractivity contribution < 1.29 is 22.2 Å². The number of hydrogen-bond donors (Lipinski definition) is 0. The Morgan fingerprint density at radius 1 is 0.667 bits per heavy atom. The van der Waals surface area contributed by atoms with Crippen LogP contribution in [0.5, 0.6) is 0 Å². The van der Waals surface area contributed by atoms with Crippen molar-refractivity contribution in [3.63, 3.8) is 0 Å². The Labute approximate surface area is 238 Å². The second-order valence-electron chi connectivity index (χ2n) is 10.9. The van der Waals surface area contributed by atoms with Crippen molar-refractivity contribution >= 4 is 54.5 Å². The number of pyridine rings is 1. The van der Waals surface area contributed by atoms with Crippen molar-refractivity contribution in [3.05, 3.63) is 120 Å². The molecule has 3 nitrogen and oxygen atoms in total. The highest BCUT2D eigenvalue weighted by Gasteiger charge is 2.31. The molecule has 0 atom stereocenters. The second kappa shape index (κ2) is 8.70. The van der Waals surface area contributed by atoms with Gasteiger partial charge in [-0.2, -0.15) is 17.7 Å². The lowest BCUT2D eigenvalue weighted by Crippen LogP contribution is -2.31. The molecule has 6 heteroatoms. The highest BCUT2D eigenvalue weighted by Crippen LogP contribution is 2.42. The standard InChI is InChI=1S/C36H24F3N2O/c1-21-12-16-27-26-17-14-22-13-15-23(36(37,38)39)18-28(22)34(26)42-35(27)33(21)31-19-29-25-10-6-7-11-30(25)41(32(29)20-40(31)2)24-8-4-3-5-9-24/h3-20H,1-2H3/q+1. The fourth-order valence-electron chi connectivity index (χ4n) is 6.37. The zero-order valence-electron chi connectivity index (χ0n) is 22.8. The molecule has 0 N–H and O–H groups in total. The summed E-state index contributed by atoms with van der Waals surface area (Å²) < 4.78 is 51.8. The number of fused-ring (bicyclic) bond motifs is 8. The van der Waals surface area contributed by atoms with Crippen LogP contribution in [0.2, 0.25) is 0 Å². The summed E-state index contributed by atoms with van der Waals surface area (Å²) >= 11 is 0. The molecule has 0 aliphatic rings. The molecule has 42 heavy (non-hydrogen) atoms. The van der Waals surface area contributed by atoms with E-state index in [-0.39, 0.29) is 0 Å². The van der Waals surface area contributed by atoms with E-state index in [0.29, 0.717) is 21.9 Å². The van der Waals surface area contributed by atoms with Crippen LogP contribution >= 0.6 is 0 Å². The average molecular weight is 558 g/mol. The van der Waals surface area contributed by atoms with E-state index in [2.05, 4.69) is 63.9 Å². The summed E-state index contributed by atoms with van der Waals surface area (Å²) in [6.45, 7) is 2.04. The number of alkyl halides is 3. The number of aryl methyl sites for hydroxylation is 2. The van der Waals surface area contributed by atoms with Crippen molar-refractivity contribution in [1.29, 1.82) is 0 Å². The third-order valence-corrected chi connectivity index (χ3v) is 8.36. The van der Waals surface area contributed by atoms with E-state index < -0.39 is 11.7 Å². The molecule has 5 aromatic carbocycles. The van der Waals surface area contributed by atoms with E-state index in [0.717, 1.165) is 61.2 Å². The largest absolute Gasteiger partial charge is 0.454 e. The van der Waals surface area contributed by atoms with Crippen LogP contribution in [0.3, 0.4) is 0 Å². The minimum Gasteiger partial charge on any atom is -0.454 e. The van der Waals surface area contributed by atoms with Crippen molar-refractivity contribution in [1.82, 2.24) is 4.57 Å². The van der Waals surface area contributed by atoms with Crippen LogP contribution < -0.4 is 4.57 Å². The number of halogens is 3. The number of para-hydroxylation sites is 2. The first kappa shape index (κ1) is 24.7. The molecule has 0 fully saturated rings. The Morgan fingerprint density at radius 2 is 1.38 bits per heavy atom. The van der Waals surface area contributed by atoms with Crippen molar-refractivity contribution in [3.8, 4) is 16.9 Å². The van der Waals surface area contributed by atoms with Crippen molar-refractivity contribution in [2.24, 2.45) is 7.05 Å². The third kappa shape index (κ3) is 3.51. The number of furan rings is 1. The summed E-state index contributed by atoms with van der Waals surface area (Å²) in [4.78, 5) is 0. The average Bonchev–Trinajstić information content (AvgIpc) is 3.52. The van der Waals surface area contributed by atoms with Crippen LogP contribution in [-0.2, 0) is 13.2 Å². The molecule has 0 saturated heterocycles. The smallest absolute Gasteiger partial charge is 0.416 e. The van der Waals surface area contributed by atoms with Crippen LogP contribution in [0.25, 0.3) is 71.5 Å². The van der Waals surface area contributed by atoms with Crippen LogP contribution in [0.15, 0.2) is 114 Å². The van der Waals surface area contributed by atoms with Gasteiger partial charge in [0.2, 0.25) is 5.69 Å². The number of aromatic nitrogens is 2. The van der Waals surface area contributed by atoms with Crippen LogP contribution in [-0.4, -0.2) is 4.57 Å². The number of rotatable bonds is 2. The third-order valence-electron chi connectivity index (χ3n) is 8.36. The van der Waals surface area contributed by atoms with Gasteiger partial charge >= 0.3 is 6.18 Å². The molecule has 3 aromatic heterocycles. The Balaban J connectivity index is 1.44. The van der Waals surface area contributed by atoms with Gasteiger partial charge in [0.25, 0.3) is 0 Å². The fourth-order valence-corrected chi connectivity index (χ4v) is 6.37. The Kier molecular flexibility index (Phi) is 5.11. The minimum atomic E-state index is -4.44. The van der Waals surface area contributed by atoms with Crippen molar-refractivity contribution in [2.75, 3.05) is 0 Å². The quantitative estimate of drug-likeness (QED) is 0.194.